The van der Waals surface area contributed by atoms with Crippen molar-refractivity contribution in [1.29, 1.82) is 0 Å². The topological polar surface area (TPSA) is 68.7 Å². The van der Waals surface area contributed by atoms with E-state index < -0.39 is 5.97 Å². The molecule has 204 valence electrons. The minimum Gasteiger partial charge on any atom is -0.496 e. The zero-order chi connectivity index (χ0) is 28.5. The Hall–Kier alpha value is -4.19. The lowest BCUT2D eigenvalue weighted by Gasteiger charge is -2.24. The maximum Gasteiger partial charge on any atom is 0.337 e. The molecule has 0 aliphatic carbocycles. The van der Waals surface area contributed by atoms with Crippen LogP contribution < -0.4 is 9.64 Å². The molecule has 0 saturated heterocycles. The van der Waals surface area contributed by atoms with E-state index in [-0.39, 0.29) is 11.8 Å². The van der Waals surface area contributed by atoms with Gasteiger partial charge in [0.2, 0.25) is 5.91 Å². The Morgan fingerprint density at radius 3 is 2.21 bits per heavy atom. The fraction of sp³-hybridized carbons (Fsp3) is 0.303. The molecule has 0 bridgehead atoms. The Morgan fingerprint density at radius 1 is 0.897 bits per heavy atom. The molecule has 0 aliphatic heterocycles. The standard InChI is InChI=1S/C31H32N2O4.C2H6/c1-20(2)16-29(34)33(30-27-12-10-26(31(35)37-5)18-25(27)14-15-32-30)19-22-6-8-23(9-7-22)24-11-13-28(36-4)21(3)17-24;1-2/h6-15,17-18,20H,16,19H2,1-5H3;1-2H3. The molecular weight excluding hydrogens is 488 g/mol. The van der Waals surface area contributed by atoms with Gasteiger partial charge in [0.15, 0.2) is 0 Å². The second-order valence-electron chi connectivity index (χ2n) is 9.52. The van der Waals surface area contributed by atoms with Crippen LogP contribution in [-0.2, 0) is 16.1 Å². The Labute approximate surface area is 231 Å². The number of aromatic nitrogens is 1. The van der Waals surface area contributed by atoms with E-state index in [2.05, 4.69) is 23.2 Å². The summed E-state index contributed by atoms with van der Waals surface area (Å²) in [5, 5.41) is 1.62. The number of anilines is 1. The predicted molar refractivity (Wildman–Crippen MR) is 158 cm³/mol. The number of methoxy groups -OCH3 is 2. The summed E-state index contributed by atoms with van der Waals surface area (Å²) >= 11 is 0. The lowest BCUT2D eigenvalue weighted by molar-refractivity contribution is -0.119. The van der Waals surface area contributed by atoms with E-state index >= 15 is 0 Å². The summed E-state index contributed by atoms with van der Waals surface area (Å²) in [5.74, 6) is 1.24. The average Bonchev–Trinajstić information content (AvgIpc) is 2.95. The summed E-state index contributed by atoms with van der Waals surface area (Å²) in [5.41, 5.74) is 4.72. The first-order valence-corrected chi connectivity index (χ1v) is 13.3. The molecule has 1 amide bonds. The van der Waals surface area contributed by atoms with Crippen LogP contribution in [-0.4, -0.2) is 31.1 Å². The molecule has 0 unspecified atom stereocenters. The summed E-state index contributed by atoms with van der Waals surface area (Å²) in [6.07, 6.45) is 2.07. The molecule has 39 heavy (non-hydrogen) atoms. The first-order chi connectivity index (χ1) is 18.8. The van der Waals surface area contributed by atoms with Gasteiger partial charge in [-0.25, -0.2) is 9.78 Å². The number of carbonyl (C=O) groups is 2. The third kappa shape index (κ3) is 7.02. The molecule has 0 spiro atoms. The second kappa shape index (κ2) is 13.6. The number of hydrogen-bond donors (Lipinski definition) is 0. The average molecular weight is 527 g/mol. The quantitative estimate of drug-likeness (QED) is 0.221. The van der Waals surface area contributed by atoms with Gasteiger partial charge in [-0.2, -0.15) is 0 Å². The van der Waals surface area contributed by atoms with E-state index in [0.29, 0.717) is 24.3 Å². The van der Waals surface area contributed by atoms with Gasteiger partial charge in [0.25, 0.3) is 0 Å². The zero-order valence-electron chi connectivity index (χ0n) is 23.9. The number of amides is 1. The van der Waals surface area contributed by atoms with E-state index in [1.165, 1.54) is 7.11 Å². The lowest BCUT2D eigenvalue weighted by Crippen LogP contribution is -2.32. The normalized spacial score (nSPS) is 10.6. The monoisotopic (exact) mass is 526 g/mol. The molecule has 1 aromatic heterocycles. The van der Waals surface area contributed by atoms with E-state index in [1.807, 2.05) is 71.0 Å². The van der Waals surface area contributed by atoms with Crippen LogP contribution in [0.2, 0.25) is 0 Å². The lowest BCUT2D eigenvalue weighted by atomic mass is 10.0. The summed E-state index contributed by atoms with van der Waals surface area (Å²) in [4.78, 5) is 31.8. The molecule has 0 atom stereocenters. The number of pyridine rings is 1. The van der Waals surface area contributed by atoms with Crippen LogP contribution in [0.3, 0.4) is 0 Å². The molecule has 1 heterocycles. The molecule has 3 aromatic carbocycles. The third-order valence-electron chi connectivity index (χ3n) is 6.33. The van der Waals surface area contributed by atoms with Crippen LogP contribution in [0, 0.1) is 12.8 Å². The van der Waals surface area contributed by atoms with Gasteiger partial charge in [-0.3, -0.25) is 9.69 Å². The van der Waals surface area contributed by atoms with Gasteiger partial charge >= 0.3 is 5.97 Å². The van der Waals surface area contributed by atoms with Crippen LogP contribution in [0.15, 0.2) is 72.9 Å². The minimum atomic E-state index is -0.403. The summed E-state index contributed by atoms with van der Waals surface area (Å²) in [6.45, 7) is 10.5. The second-order valence-corrected chi connectivity index (χ2v) is 9.52. The molecule has 6 nitrogen and oxygen atoms in total. The number of aryl methyl sites for hydroxylation is 1. The van der Waals surface area contributed by atoms with E-state index in [1.54, 1.807) is 30.3 Å². The van der Waals surface area contributed by atoms with Crippen molar-refractivity contribution in [2.45, 2.75) is 47.6 Å². The number of hydrogen-bond acceptors (Lipinski definition) is 5. The van der Waals surface area contributed by atoms with Crippen LogP contribution in [0.5, 0.6) is 5.75 Å². The van der Waals surface area contributed by atoms with Crippen molar-refractivity contribution in [3.8, 4) is 16.9 Å². The van der Waals surface area contributed by atoms with Crippen LogP contribution >= 0.6 is 0 Å². The Bertz CT molecular complexity index is 1430. The molecule has 0 aliphatic rings. The highest BCUT2D eigenvalue weighted by atomic mass is 16.5. The third-order valence-corrected chi connectivity index (χ3v) is 6.33. The molecule has 0 radical (unpaired) electrons. The maximum atomic E-state index is 13.4. The Kier molecular flexibility index (Phi) is 10.2. The maximum absolute atomic E-state index is 13.4. The molecule has 0 saturated carbocycles. The molecule has 4 aromatic rings. The van der Waals surface area contributed by atoms with Gasteiger partial charge in [0.05, 0.1) is 26.3 Å². The number of carbonyl (C=O) groups excluding carboxylic acids is 2. The van der Waals surface area contributed by atoms with Gasteiger partial charge in [-0.1, -0.05) is 58.0 Å². The fourth-order valence-corrected chi connectivity index (χ4v) is 4.41. The number of rotatable bonds is 8. The van der Waals surface area contributed by atoms with Gasteiger partial charge in [0, 0.05) is 18.0 Å². The highest BCUT2D eigenvalue weighted by Gasteiger charge is 2.21. The van der Waals surface area contributed by atoms with E-state index in [0.717, 1.165) is 38.8 Å². The minimum absolute atomic E-state index is 0.00176. The van der Waals surface area contributed by atoms with Crippen molar-refractivity contribution in [3.05, 3.63) is 89.6 Å². The SMILES string of the molecule is CC.COC(=O)c1ccc2c(N(Cc3ccc(-c4ccc(OC)c(C)c4)cc3)C(=O)CC(C)C)nccc2c1. The smallest absolute Gasteiger partial charge is 0.337 e. The number of benzene rings is 3. The van der Waals surface area contributed by atoms with Crippen molar-refractivity contribution >= 4 is 28.5 Å². The largest absolute Gasteiger partial charge is 0.496 e. The highest BCUT2D eigenvalue weighted by molar-refractivity contribution is 6.04. The number of fused-ring (bicyclic) bond motifs is 1. The van der Waals surface area contributed by atoms with Crippen LogP contribution in [0.1, 0.15) is 55.6 Å². The van der Waals surface area contributed by atoms with Gasteiger partial charge in [-0.15, -0.1) is 0 Å². The van der Waals surface area contributed by atoms with Crippen LogP contribution in [0.4, 0.5) is 5.82 Å². The first-order valence-electron chi connectivity index (χ1n) is 13.3. The number of esters is 1. The van der Waals surface area contributed by atoms with Crippen molar-refractivity contribution in [2.24, 2.45) is 5.92 Å². The molecule has 6 heteroatoms. The Morgan fingerprint density at radius 2 is 1.59 bits per heavy atom. The zero-order valence-corrected chi connectivity index (χ0v) is 23.9. The van der Waals surface area contributed by atoms with Crippen LogP contribution in [0.25, 0.3) is 21.9 Å². The molecule has 0 fully saturated rings. The van der Waals surface area contributed by atoms with Crippen molar-refractivity contribution in [1.82, 2.24) is 4.98 Å². The summed E-state index contributed by atoms with van der Waals surface area (Å²) in [7, 11) is 3.03. The number of ether oxygens (including phenoxy) is 2. The Balaban J connectivity index is 0.00000205. The first kappa shape index (κ1) is 29.4. The molecular formula is C33H38N2O4. The molecule has 4 rings (SSSR count). The van der Waals surface area contributed by atoms with Gasteiger partial charge in [0.1, 0.15) is 11.6 Å². The fourth-order valence-electron chi connectivity index (χ4n) is 4.41. The highest BCUT2D eigenvalue weighted by Crippen LogP contribution is 2.30. The summed E-state index contributed by atoms with van der Waals surface area (Å²) in [6, 6.07) is 21.5. The van der Waals surface area contributed by atoms with Gasteiger partial charge in [-0.05, 0) is 76.9 Å². The van der Waals surface area contributed by atoms with Crippen molar-refractivity contribution in [3.63, 3.8) is 0 Å². The van der Waals surface area contributed by atoms with E-state index in [4.69, 9.17) is 9.47 Å². The van der Waals surface area contributed by atoms with Gasteiger partial charge < -0.3 is 9.47 Å². The summed E-state index contributed by atoms with van der Waals surface area (Å²) < 4.78 is 10.2. The van der Waals surface area contributed by atoms with Crippen molar-refractivity contribution in [2.75, 3.05) is 19.1 Å². The molecule has 0 N–H and O–H groups in total. The predicted octanol–water partition coefficient (Wildman–Crippen LogP) is 7.61. The number of nitrogens with zero attached hydrogens (tertiary/aromatic N) is 2. The van der Waals surface area contributed by atoms with E-state index in [9.17, 15) is 9.59 Å². The van der Waals surface area contributed by atoms with Crippen molar-refractivity contribution < 1.29 is 19.1 Å².